The van der Waals surface area contributed by atoms with Crippen LogP contribution in [0.5, 0.6) is 0 Å². The van der Waals surface area contributed by atoms with Crippen LogP contribution in [-0.2, 0) is 9.53 Å². The lowest BCUT2D eigenvalue weighted by Gasteiger charge is -2.25. The Bertz CT molecular complexity index is 376. The van der Waals surface area contributed by atoms with Crippen LogP contribution in [-0.4, -0.2) is 10.9 Å². The average molecular weight is 193 g/mol. The number of non-ortho nitro benzene ring substituents is 1. The third-order valence-electron chi connectivity index (χ3n) is 2.10. The van der Waals surface area contributed by atoms with Gasteiger partial charge in [-0.15, -0.1) is 0 Å². The molecule has 1 aromatic carbocycles. The molecule has 1 aliphatic rings. The molecule has 5 nitrogen and oxygen atoms in total. The minimum absolute atomic E-state index is 0.0411. The van der Waals surface area contributed by atoms with E-state index in [1.165, 1.54) is 12.1 Å². The van der Waals surface area contributed by atoms with Crippen molar-refractivity contribution >= 4 is 11.7 Å². The lowest BCUT2D eigenvalue weighted by Crippen LogP contribution is -2.24. The summed E-state index contributed by atoms with van der Waals surface area (Å²) in [6, 6.07) is 6.02. The van der Waals surface area contributed by atoms with Gasteiger partial charge in [0.15, 0.2) is 0 Å². The first-order valence-corrected chi connectivity index (χ1v) is 4.10. The van der Waals surface area contributed by atoms with Crippen molar-refractivity contribution < 1.29 is 14.5 Å². The number of nitro benzene ring substituents is 1. The molecule has 1 fully saturated rings. The van der Waals surface area contributed by atoms with Gasteiger partial charge in [0.1, 0.15) is 6.10 Å². The molecule has 0 amide bonds. The van der Waals surface area contributed by atoms with Gasteiger partial charge in [-0.05, 0) is 17.7 Å². The van der Waals surface area contributed by atoms with E-state index in [9.17, 15) is 14.9 Å². The second kappa shape index (κ2) is 3.10. The average Bonchev–Trinajstić information content (AvgIpc) is 2.13. The highest BCUT2D eigenvalue weighted by molar-refractivity contribution is 5.75. The molecule has 1 aromatic rings. The van der Waals surface area contributed by atoms with Crippen molar-refractivity contribution in [3.63, 3.8) is 0 Å². The molecule has 14 heavy (non-hydrogen) atoms. The van der Waals surface area contributed by atoms with Crippen LogP contribution in [0.15, 0.2) is 24.3 Å². The standard InChI is InChI=1S/C9H7NO4/c11-9-5-8(14-9)6-1-3-7(4-2-6)10(12)13/h1-4,8H,5H2/t8-/m0/s1. The molecule has 0 spiro atoms. The van der Waals surface area contributed by atoms with Crippen molar-refractivity contribution in [2.24, 2.45) is 0 Å². The fraction of sp³-hybridized carbons (Fsp3) is 0.222. The highest BCUT2D eigenvalue weighted by atomic mass is 16.6. The Labute approximate surface area is 79.4 Å². The largest absolute Gasteiger partial charge is 0.457 e. The minimum atomic E-state index is -0.462. The van der Waals surface area contributed by atoms with Gasteiger partial charge in [-0.25, -0.2) is 0 Å². The molecule has 0 bridgehead atoms. The number of cyclic esters (lactones) is 1. The summed E-state index contributed by atoms with van der Waals surface area (Å²) in [5.41, 5.74) is 0.842. The monoisotopic (exact) mass is 193 g/mol. The van der Waals surface area contributed by atoms with Crippen molar-refractivity contribution in [3.8, 4) is 0 Å². The van der Waals surface area contributed by atoms with Crippen LogP contribution in [0.1, 0.15) is 18.1 Å². The smallest absolute Gasteiger partial charge is 0.310 e. The van der Waals surface area contributed by atoms with E-state index in [4.69, 9.17) is 4.74 Å². The summed E-state index contributed by atoms with van der Waals surface area (Å²) in [4.78, 5) is 20.4. The van der Waals surface area contributed by atoms with Crippen molar-refractivity contribution in [1.29, 1.82) is 0 Å². The first-order valence-electron chi connectivity index (χ1n) is 4.10. The Balaban J connectivity index is 2.14. The predicted molar refractivity (Wildman–Crippen MR) is 46.5 cm³/mol. The van der Waals surface area contributed by atoms with Crippen LogP contribution in [0.4, 0.5) is 5.69 Å². The van der Waals surface area contributed by atoms with Gasteiger partial charge >= 0.3 is 5.97 Å². The second-order valence-corrected chi connectivity index (χ2v) is 3.03. The molecule has 0 radical (unpaired) electrons. The molecule has 0 N–H and O–H groups in total. The Kier molecular flexibility index (Phi) is 1.92. The Morgan fingerprint density at radius 1 is 1.36 bits per heavy atom. The summed E-state index contributed by atoms with van der Waals surface area (Å²) in [5.74, 6) is -0.228. The molecule has 1 heterocycles. The van der Waals surface area contributed by atoms with Crippen LogP contribution in [0.2, 0.25) is 0 Å². The third kappa shape index (κ3) is 1.44. The summed E-state index contributed by atoms with van der Waals surface area (Å²) < 4.78 is 4.82. The summed E-state index contributed by atoms with van der Waals surface area (Å²) in [6.07, 6.45) is 0.140. The zero-order valence-electron chi connectivity index (χ0n) is 7.17. The lowest BCUT2D eigenvalue weighted by atomic mass is 10.0. The van der Waals surface area contributed by atoms with E-state index in [0.717, 1.165) is 5.56 Å². The number of hydrogen-bond acceptors (Lipinski definition) is 4. The molecule has 0 saturated carbocycles. The van der Waals surface area contributed by atoms with E-state index >= 15 is 0 Å². The van der Waals surface area contributed by atoms with E-state index < -0.39 is 4.92 Å². The van der Waals surface area contributed by atoms with E-state index in [0.29, 0.717) is 6.42 Å². The fourth-order valence-electron chi connectivity index (χ4n) is 1.30. The number of hydrogen-bond donors (Lipinski definition) is 0. The summed E-state index contributed by atoms with van der Waals surface area (Å²) >= 11 is 0. The molecule has 2 rings (SSSR count). The van der Waals surface area contributed by atoms with Gasteiger partial charge in [-0.1, -0.05) is 0 Å². The topological polar surface area (TPSA) is 69.4 Å². The maximum absolute atomic E-state index is 10.5. The Morgan fingerprint density at radius 2 is 1.93 bits per heavy atom. The molecule has 1 atom stereocenters. The van der Waals surface area contributed by atoms with Gasteiger partial charge < -0.3 is 4.74 Å². The highest BCUT2D eigenvalue weighted by Crippen LogP contribution is 2.31. The van der Waals surface area contributed by atoms with Gasteiger partial charge in [0.2, 0.25) is 0 Å². The number of carbonyl (C=O) groups excluding carboxylic acids is 1. The molecule has 5 heteroatoms. The van der Waals surface area contributed by atoms with Crippen LogP contribution >= 0.6 is 0 Å². The van der Waals surface area contributed by atoms with Crippen molar-refractivity contribution in [2.45, 2.75) is 12.5 Å². The number of nitrogens with zero attached hydrogens (tertiary/aromatic N) is 1. The first kappa shape index (κ1) is 8.68. The number of nitro groups is 1. The van der Waals surface area contributed by atoms with Gasteiger partial charge in [-0.3, -0.25) is 14.9 Å². The molecule has 0 aromatic heterocycles. The second-order valence-electron chi connectivity index (χ2n) is 3.03. The number of rotatable bonds is 2. The molecular formula is C9H7NO4. The number of esters is 1. The van der Waals surface area contributed by atoms with Crippen molar-refractivity contribution in [2.75, 3.05) is 0 Å². The quantitative estimate of drug-likeness (QED) is 0.406. The predicted octanol–water partition coefficient (Wildman–Crippen LogP) is 1.58. The summed E-state index contributed by atoms with van der Waals surface area (Å²) in [6.45, 7) is 0. The summed E-state index contributed by atoms with van der Waals surface area (Å²) in [5, 5.41) is 10.3. The SMILES string of the molecule is O=C1C[C@@H](c2ccc([N+](=O)[O-])cc2)O1. The zero-order valence-corrected chi connectivity index (χ0v) is 7.17. The van der Waals surface area contributed by atoms with Crippen LogP contribution in [0.25, 0.3) is 0 Å². The first-order chi connectivity index (χ1) is 6.66. The third-order valence-corrected chi connectivity index (χ3v) is 2.10. The molecular weight excluding hydrogens is 186 g/mol. The Morgan fingerprint density at radius 3 is 2.36 bits per heavy atom. The van der Waals surface area contributed by atoms with Gasteiger partial charge in [0, 0.05) is 12.1 Å². The van der Waals surface area contributed by atoms with Crippen LogP contribution in [0.3, 0.4) is 0 Å². The number of benzene rings is 1. The van der Waals surface area contributed by atoms with Crippen molar-refractivity contribution in [1.82, 2.24) is 0 Å². The summed E-state index contributed by atoms with van der Waals surface area (Å²) in [7, 11) is 0. The molecule has 0 aliphatic carbocycles. The van der Waals surface area contributed by atoms with Crippen LogP contribution in [0, 0.1) is 10.1 Å². The van der Waals surface area contributed by atoms with E-state index in [-0.39, 0.29) is 17.8 Å². The van der Waals surface area contributed by atoms with Crippen LogP contribution < -0.4 is 0 Å². The zero-order chi connectivity index (χ0) is 10.1. The highest BCUT2D eigenvalue weighted by Gasteiger charge is 2.29. The number of carbonyl (C=O) groups is 1. The fourth-order valence-corrected chi connectivity index (χ4v) is 1.30. The Hall–Kier alpha value is -1.91. The minimum Gasteiger partial charge on any atom is -0.457 e. The molecule has 0 unspecified atom stereocenters. The molecule has 72 valence electrons. The van der Waals surface area contributed by atoms with Crippen molar-refractivity contribution in [3.05, 3.63) is 39.9 Å². The van der Waals surface area contributed by atoms with E-state index in [2.05, 4.69) is 0 Å². The molecule has 1 aliphatic heterocycles. The maximum Gasteiger partial charge on any atom is 0.310 e. The lowest BCUT2D eigenvalue weighted by molar-refractivity contribution is -0.384. The van der Waals surface area contributed by atoms with Gasteiger partial charge in [0.05, 0.1) is 11.3 Å². The van der Waals surface area contributed by atoms with Gasteiger partial charge in [0.25, 0.3) is 5.69 Å². The number of ether oxygens (including phenoxy) is 1. The van der Waals surface area contributed by atoms with Gasteiger partial charge in [-0.2, -0.15) is 0 Å². The normalized spacial score (nSPS) is 19.7. The van der Waals surface area contributed by atoms with E-state index in [1.54, 1.807) is 12.1 Å². The molecule has 1 saturated heterocycles. The van der Waals surface area contributed by atoms with E-state index in [1.807, 2.05) is 0 Å². The maximum atomic E-state index is 10.5.